The number of rotatable bonds is 4. The van der Waals surface area contributed by atoms with Crippen LogP contribution in [0, 0.1) is 0 Å². The second kappa shape index (κ2) is 10.7. The van der Waals surface area contributed by atoms with E-state index < -0.39 is 47.3 Å². The average molecular weight is 505 g/mol. The molecule has 0 aromatic carbocycles. The lowest BCUT2D eigenvalue weighted by Crippen LogP contribution is -2.45. The lowest BCUT2D eigenvalue weighted by molar-refractivity contribution is -0.121. The lowest BCUT2D eigenvalue weighted by Gasteiger charge is -2.28. The van der Waals surface area contributed by atoms with Crippen LogP contribution in [0.25, 0.3) is 0 Å². The van der Waals surface area contributed by atoms with Crippen molar-refractivity contribution < 1.29 is 28.7 Å². The highest BCUT2D eigenvalue weighted by molar-refractivity contribution is 5.97. The van der Waals surface area contributed by atoms with Crippen LogP contribution in [-0.4, -0.2) is 80.1 Å². The van der Waals surface area contributed by atoms with Gasteiger partial charge in [0.05, 0.1) is 0 Å². The minimum Gasteiger partial charge on any atom is -0.444 e. The quantitative estimate of drug-likeness (QED) is 0.637. The molecular formula is C24H36N6O6. The van der Waals surface area contributed by atoms with Crippen LogP contribution in [0.3, 0.4) is 0 Å². The third-order valence-corrected chi connectivity index (χ3v) is 5.51. The van der Waals surface area contributed by atoms with Gasteiger partial charge in [-0.2, -0.15) is 4.98 Å². The summed E-state index contributed by atoms with van der Waals surface area (Å²) in [5.41, 5.74) is -1.34. The van der Waals surface area contributed by atoms with Gasteiger partial charge in [-0.05, 0) is 73.3 Å². The molecule has 0 spiro atoms. The third kappa shape index (κ3) is 7.28. The maximum atomic E-state index is 12.9. The predicted octanol–water partition coefficient (Wildman–Crippen LogP) is 3.15. The van der Waals surface area contributed by atoms with Crippen LogP contribution in [0.15, 0.2) is 12.3 Å². The molecule has 1 aromatic rings. The van der Waals surface area contributed by atoms with Crippen LogP contribution >= 0.6 is 0 Å². The summed E-state index contributed by atoms with van der Waals surface area (Å²) < 4.78 is 10.8. The molecule has 0 aliphatic carbocycles. The highest BCUT2D eigenvalue weighted by Crippen LogP contribution is 2.23. The number of nitrogens with zero attached hydrogens (tertiary/aromatic N) is 4. The van der Waals surface area contributed by atoms with Crippen molar-refractivity contribution in [2.75, 3.05) is 23.7 Å². The van der Waals surface area contributed by atoms with Crippen molar-refractivity contribution >= 4 is 35.8 Å². The van der Waals surface area contributed by atoms with Gasteiger partial charge in [0.2, 0.25) is 17.8 Å². The highest BCUT2D eigenvalue weighted by atomic mass is 16.6. The second-order valence-corrected chi connectivity index (χ2v) is 10.9. The summed E-state index contributed by atoms with van der Waals surface area (Å²) in [6, 6.07) is 0.0967. The Balaban J connectivity index is 1.62. The van der Waals surface area contributed by atoms with E-state index in [1.54, 1.807) is 41.5 Å². The van der Waals surface area contributed by atoms with Crippen LogP contribution in [0.4, 0.5) is 21.4 Å². The fraction of sp³-hybridized carbons (Fsp3) is 0.667. The number of anilines is 2. The lowest BCUT2D eigenvalue weighted by atomic mass is 10.2. The van der Waals surface area contributed by atoms with Crippen molar-refractivity contribution in [3.63, 3.8) is 0 Å². The Morgan fingerprint density at radius 2 is 1.31 bits per heavy atom. The molecule has 2 atom stereocenters. The predicted molar refractivity (Wildman–Crippen MR) is 131 cm³/mol. The largest absolute Gasteiger partial charge is 0.444 e. The molecule has 2 N–H and O–H groups in total. The van der Waals surface area contributed by atoms with E-state index in [1.165, 1.54) is 22.1 Å². The molecule has 3 rings (SSSR count). The topological polar surface area (TPSA) is 143 Å². The first kappa shape index (κ1) is 27.2. The van der Waals surface area contributed by atoms with Crippen molar-refractivity contribution in [1.29, 1.82) is 0 Å². The van der Waals surface area contributed by atoms with Crippen molar-refractivity contribution in [2.24, 2.45) is 0 Å². The monoisotopic (exact) mass is 504 g/mol. The molecule has 36 heavy (non-hydrogen) atoms. The first-order valence-electron chi connectivity index (χ1n) is 12.2. The molecule has 2 unspecified atom stereocenters. The van der Waals surface area contributed by atoms with Gasteiger partial charge >= 0.3 is 12.2 Å². The Kier molecular flexibility index (Phi) is 8.05. The zero-order valence-electron chi connectivity index (χ0n) is 21.8. The van der Waals surface area contributed by atoms with Crippen LogP contribution in [0.2, 0.25) is 0 Å². The van der Waals surface area contributed by atoms with Crippen LogP contribution in [0.1, 0.15) is 67.2 Å². The summed E-state index contributed by atoms with van der Waals surface area (Å²) in [4.78, 5) is 61.8. The van der Waals surface area contributed by atoms with Gasteiger partial charge in [-0.15, -0.1) is 0 Å². The Bertz CT molecular complexity index is 926. The number of ether oxygens (including phenoxy) is 2. The first-order chi connectivity index (χ1) is 16.7. The van der Waals surface area contributed by atoms with Gasteiger partial charge < -0.3 is 14.8 Å². The van der Waals surface area contributed by atoms with E-state index in [0.717, 1.165) is 0 Å². The standard InChI is InChI=1S/C24H36N6O6/c1-23(2,3)35-21(33)29-13-7-9-15(29)18(31)26-17-11-12-25-20(27-17)28-19(32)16-10-8-14-30(16)22(34)36-24(4,5)6/h11-12,15-16H,7-10,13-14H2,1-6H3,(H2,25,26,27,28,31,32). The number of hydrogen-bond acceptors (Lipinski definition) is 8. The molecule has 0 saturated carbocycles. The van der Waals surface area contributed by atoms with Gasteiger partial charge in [0, 0.05) is 19.3 Å². The Hall–Kier alpha value is -3.44. The number of amides is 4. The van der Waals surface area contributed by atoms with Crippen molar-refractivity contribution in [1.82, 2.24) is 19.8 Å². The fourth-order valence-corrected chi connectivity index (χ4v) is 4.05. The zero-order chi connectivity index (χ0) is 26.7. The molecule has 12 heteroatoms. The normalized spacial score (nSPS) is 20.2. The Morgan fingerprint density at radius 3 is 1.78 bits per heavy atom. The SMILES string of the molecule is CC(C)(C)OC(=O)N1CCCC1C(=O)Nc1ccnc(NC(=O)C2CCCN2C(=O)OC(C)(C)C)n1. The van der Waals surface area contributed by atoms with E-state index in [1.807, 2.05) is 0 Å². The molecule has 2 saturated heterocycles. The second-order valence-electron chi connectivity index (χ2n) is 10.9. The summed E-state index contributed by atoms with van der Waals surface area (Å²) in [6.45, 7) is 11.4. The molecule has 198 valence electrons. The highest BCUT2D eigenvalue weighted by Gasteiger charge is 2.38. The smallest absolute Gasteiger partial charge is 0.410 e. The van der Waals surface area contributed by atoms with Crippen LogP contribution in [0.5, 0.6) is 0 Å². The molecule has 1 aromatic heterocycles. The molecule has 2 aliphatic rings. The van der Waals surface area contributed by atoms with E-state index in [4.69, 9.17) is 9.47 Å². The maximum absolute atomic E-state index is 12.9. The Labute approximate surface area is 211 Å². The first-order valence-corrected chi connectivity index (χ1v) is 12.2. The number of carbonyl (C=O) groups is 4. The van der Waals surface area contributed by atoms with Crippen molar-refractivity contribution in [3.05, 3.63) is 12.3 Å². The maximum Gasteiger partial charge on any atom is 0.410 e. The number of aromatic nitrogens is 2. The fourth-order valence-electron chi connectivity index (χ4n) is 4.05. The van der Waals surface area contributed by atoms with E-state index >= 15 is 0 Å². The molecule has 0 radical (unpaired) electrons. The van der Waals surface area contributed by atoms with E-state index in [0.29, 0.717) is 38.8 Å². The van der Waals surface area contributed by atoms with E-state index in [9.17, 15) is 19.2 Å². The molecule has 0 bridgehead atoms. The van der Waals surface area contributed by atoms with E-state index in [2.05, 4.69) is 20.6 Å². The van der Waals surface area contributed by atoms with Gasteiger partial charge in [0.1, 0.15) is 29.1 Å². The summed E-state index contributed by atoms with van der Waals surface area (Å²) in [5.74, 6) is -0.670. The van der Waals surface area contributed by atoms with Crippen LogP contribution < -0.4 is 10.6 Å². The van der Waals surface area contributed by atoms with Gasteiger partial charge in [-0.3, -0.25) is 24.7 Å². The van der Waals surface area contributed by atoms with Crippen molar-refractivity contribution in [3.8, 4) is 0 Å². The Morgan fingerprint density at radius 1 is 0.833 bits per heavy atom. The molecule has 12 nitrogen and oxygen atoms in total. The molecular weight excluding hydrogens is 468 g/mol. The number of nitrogens with one attached hydrogen (secondary N) is 2. The van der Waals surface area contributed by atoms with Gasteiger partial charge in [0.25, 0.3) is 0 Å². The average Bonchev–Trinajstić information content (AvgIpc) is 3.41. The minimum atomic E-state index is -0.706. The summed E-state index contributed by atoms with van der Waals surface area (Å²) in [7, 11) is 0. The van der Waals surface area contributed by atoms with Crippen molar-refractivity contribution in [2.45, 2.75) is 90.5 Å². The molecule has 4 amide bonds. The number of hydrogen-bond donors (Lipinski definition) is 2. The molecule has 2 aliphatic heterocycles. The third-order valence-electron chi connectivity index (χ3n) is 5.51. The zero-order valence-corrected chi connectivity index (χ0v) is 21.8. The van der Waals surface area contributed by atoms with E-state index in [-0.39, 0.29) is 11.8 Å². The number of likely N-dealkylation sites (tertiary alicyclic amines) is 2. The summed E-state index contributed by atoms with van der Waals surface area (Å²) in [5, 5.41) is 5.31. The van der Waals surface area contributed by atoms with Gasteiger partial charge in [-0.25, -0.2) is 14.6 Å². The van der Waals surface area contributed by atoms with Crippen LogP contribution in [-0.2, 0) is 19.1 Å². The minimum absolute atomic E-state index is 0.00995. The summed E-state index contributed by atoms with van der Waals surface area (Å²) in [6.07, 6.45) is 2.65. The number of carbonyl (C=O) groups excluding carboxylic acids is 4. The molecule has 3 heterocycles. The van der Waals surface area contributed by atoms with Gasteiger partial charge in [0.15, 0.2) is 0 Å². The summed E-state index contributed by atoms with van der Waals surface area (Å²) >= 11 is 0. The van der Waals surface area contributed by atoms with Gasteiger partial charge in [-0.1, -0.05) is 0 Å². The molecule has 2 fully saturated rings.